The van der Waals surface area contributed by atoms with Crippen LogP contribution in [0.5, 0.6) is 11.5 Å². The van der Waals surface area contributed by atoms with Gasteiger partial charge in [0.1, 0.15) is 11.5 Å². The van der Waals surface area contributed by atoms with Gasteiger partial charge in [0.05, 0.1) is 0 Å². The summed E-state index contributed by atoms with van der Waals surface area (Å²) in [7, 11) is -9.97. The van der Waals surface area contributed by atoms with Gasteiger partial charge in [-0.25, -0.2) is 0 Å². The molecule has 0 heterocycles. The van der Waals surface area contributed by atoms with Gasteiger partial charge in [-0.05, 0) is 38.1 Å². The van der Waals surface area contributed by atoms with Crippen molar-refractivity contribution in [2.24, 2.45) is 0 Å². The zero-order chi connectivity index (χ0) is 23.1. The first-order valence-electron chi connectivity index (χ1n) is 6.64. The number of rotatable bonds is 2. The number of alkyl halides is 6. The molecule has 0 spiro atoms. The van der Waals surface area contributed by atoms with Crippen LogP contribution in [-0.4, -0.2) is 59.0 Å². The molecule has 2 atom stereocenters. The molecule has 0 aromatic heterocycles. The average molecular weight is 466 g/mol. The summed E-state index contributed by atoms with van der Waals surface area (Å²) in [5.41, 5.74) is 0. The Balaban J connectivity index is 0. The molecule has 4 N–H and O–H groups in total. The summed E-state index contributed by atoms with van der Waals surface area (Å²) < 4.78 is 123. The molecule has 2 unspecified atom stereocenters. The largest absolute Gasteiger partial charge is 0.508 e. The second-order valence-electron chi connectivity index (χ2n) is 4.91. The lowest BCUT2D eigenvalue weighted by molar-refractivity contribution is -0.129. The van der Waals surface area contributed by atoms with Crippen LogP contribution < -0.4 is 0 Å². The predicted molar refractivity (Wildman–Crippen MR) is 83.9 cm³/mol. The molecule has 16 heteroatoms. The minimum absolute atomic E-state index is 0.169. The van der Waals surface area contributed by atoms with E-state index in [-0.39, 0.29) is 11.5 Å². The van der Waals surface area contributed by atoms with E-state index in [1.54, 1.807) is 0 Å². The Kier molecular flexibility index (Phi) is 10.3. The molecule has 166 valence electrons. The standard InChI is InChI=1S/C6H6O2.2C3H5F3O3S/c7-5-1-2-6(8)4-3-5;2*1-2(3(4,5)6)10(7,8)9/h1-4,7-8H;2*2H,1H3,(H,7,8,9). The Morgan fingerprint density at radius 3 is 0.929 bits per heavy atom. The molecule has 0 fully saturated rings. The van der Waals surface area contributed by atoms with Gasteiger partial charge in [0, 0.05) is 0 Å². The van der Waals surface area contributed by atoms with Crippen LogP contribution in [0, 0.1) is 0 Å². The normalized spacial score (nSPS) is 14.6. The van der Waals surface area contributed by atoms with Gasteiger partial charge in [0.2, 0.25) is 0 Å². The molecule has 0 saturated carbocycles. The molecule has 0 radical (unpaired) electrons. The fourth-order valence-corrected chi connectivity index (χ4v) is 1.47. The number of aromatic hydroxyl groups is 2. The zero-order valence-corrected chi connectivity index (χ0v) is 15.6. The molecule has 0 amide bonds. The van der Waals surface area contributed by atoms with Gasteiger partial charge < -0.3 is 10.2 Å². The Labute approximate surface area is 155 Å². The number of halogens is 6. The van der Waals surface area contributed by atoms with Crippen molar-refractivity contribution in [3.05, 3.63) is 24.3 Å². The molecular weight excluding hydrogens is 450 g/mol. The van der Waals surface area contributed by atoms with Crippen LogP contribution in [-0.2, 0) is 20.2 Å². The highest BCUT2D eigenvalue weighted by Gasteiger charge is 2.45. The minimum Gasteiger partial charge on any atom is -0.508 e. The maximum Gasteiger partial charge on any atom is 0.407 e. The minimum atomic E-state index is -4.99. The summed E-state index contributed by atoms with van der Waals surface area (Å²) >= 11 is 0. The molecule has 0 aliphatic carbocycles. The van der Waals surface area contributed by atoms with Crippen LogP contribution in [0.1, 0.15) is 13.8 Å². The van der Waals surface area contributed by atoms with Crippen molar-refractivity contribution >= 4 is 20.2 Å². The van der Waals surface area contributed by atoms with Crippen LogP contribution in [0.4, 0.5) is 26.3 Å². The van der Waals surface area contributed by atoms with Crippen LogP contribution in [0.25, 0.3) is 0 Å². The average Bonchev–Trinajstić information content (AvgIpc) is 2.46. The second-order valence-corrected chi connectivity index (χ2v) is 8.39. The lowest BCUT2D eigenvalue weighted by Gasteiger charge is -2.10. The summed E-state index contributed by atoms with van der Waals surface area (Å²) in [6.45, 7) is 0.741. The van der Waals surface area contributed by atoms with Crippen molar-refractivity contribution in [1.29, 1.82) is 0 Å². The fourth-order valence-electron chi connectivity index (χ4n) is 0.790. The maximum atomic E-state index is 11.4. The highest BCUT2D eigenvalue weighted by Crippen LogP contribution is 2.25. The van der Waals surface area contributed by atoms with Gasteiger partial charge in [-0.3, -0.25) is 9.11 Å². The van der Waals surface area contributed by atoms with E-state index in [0.717, 1.165) is 0 Å². The molecule has 8 nitrogen and oxygen atoms in total. The highest BCUT2D eigenvalue weighted by molar-refractivity contribution is 7.86. The molecular formula is C12H16F6O8S2. The van der Waals surface area contributed by atoms with E-state index in [0.29, 0.717) is 13.8 Å². The van der Waals surface area contributed by atoms with E-state index in [1.807, 2.05) is 0 Å². The lowest BCUT2D eigenvalue weighted by Crippen LogP contribution is -2.33. The molecule has 1 aromatic carbocycles. The van der Waals surface area contributed by atoms with Crippen molar-refractivity contribution in [3.8, 4) is 11.5 Å². The summed E-state index contributed by atoms with van der Waals surface area (Å²) in [6, 6.07) is 5.70. The molecule has 1 aromatic rings. The smallest absolute Gasteiger partial charge is 0.407 e. The predicted octanol–water partition coefficient (Wildman–Crippen LogP) is 2.75. The van der Waals surface area contributed by atoms with Gasteiger partial charge >= 0.3 is 12.4 Å². The monoisotopic (exact) mass is 466 g/mol. The SMILES string of the molecule is CC(C(F)(F)F)S(=O)(=O)O.CC(C(F)(F)F)S(=O)(=O)O.Oc1ccc(O)cc1. The van der Waals surface area contributed by atoms with E-state index in [9.17, 15) is 43.2 Å². The highest BCUT2D eigenvalue weighted by atomic mass is 32.2. The van der Waals surface area contributed by atoms with E-state index in [1.165, 1.54) is 24.3 Å². The summed E-state index contributed by atoms with van der Waals surface area (Å²) in [5, 5.41) is 11.9. The first-order chi connectivity index (χ1) is 12.1. The lowest BCUT2D eigenvalue weighted by atomic mass is 10.3. The maximum absolute atomic E-state index is 11.4. The number of hydrogen-bond donors (Lipinski definition) is 4. The van der Waals surface area contributed by atoms with Crippen LogP contribution in [0.2, 0.25) is 0 Å². The summed E-state index contributed by atoms with van der Waals surface area (Å²) in [5.74, 6) is 0.339. The van der Waals surface area contributed by atoms with E-state index in [4.69, 9.17) is 19.3 Å². The van der Waals surface area contributed by atoms with Gasteiger partial charge in [-0.1, -0.05) is 0 Å². The van der Waals surface area contributed by atoms with Gasteiger partial charge in [-0.15, -0.1) is 0 Å². The Bertz CT molecular complexity index is 731. The summed E-state index contributed by atoms with van der Waals surface area (Å²) in [6.07, 6.45) is -9.79. The van der Waals surface area contributed by atoms with Crippen LogP contribution >= 0.6 is 0 Å². The van der Waals surface area contributed by atoms with E-state index >= 15 is 0 Å². The third-order valence-electron chi connectivity index (χ3n) is 2.67. The number of phenols is 2. The number of phenolic OH excluding ortho intramolecular Hbond substituents is 2. The van der Waals surface area contributed by atoms with Crippen molar-refractivity contribution in [2.75, 3.05) is 0 Å². The van der Waals surface area contributed by atoms with E-state index in [2.05, 4.69) is 0 Å². The second kappa shape index (κ2) is 10.1. The Hall–Kier alpha value is -1.78. The van der Waals surface area contributed by atoms with Crippen LogP contribution in [0.15, 0.2) is 24.3 Å². The molecule has 1 rings (SSSR count). The molecule has 0 aliphatic rings. The molecule has 0 aliphatic heterocycles. The van der Waals surface area contributed by atoms with Gasteiger partial charge in [-0.2, -0.15) is 43.2 Å². The number of benzene rings is 1. The Morgan fingerprint density at radius 2 is 0.857 bits per heavy atom. The molecule has 0 saturated heterocycles. The summed E-state index contributed by atoms with van der Waals surface area (Å²) in [4.78, 5) is 0. The Morgan fingerprint density at radius 1 is 0.679 bits per heavy atom. The van der Waals surface area contributed by atoms with Crippen molar-refractivity contribution in [2.45, 2.75) is 36.7 Å². The zero-order valence-electron chi connectivity index (χ0n) is 14.0. The molecule has 0 bridgehead atoms. The first-order valence-corrected chi connectivity index (χ1v) is 9.64. The quantitative estimate of drug-likeness (QED) is 0.295. The topological polar surface area (TPSA) is 149 Å². The van der Waals surface area contributed by atoms with Gasteiger partial charge in [0.25, 0.3) is 20.2 Å². The van der Waals surface area contributed by atoms with Crippen molar-refractivity contribution < 1.29 is 62.5 Å². The van der Waals surface area contributed by atoms with Crippen molar-refractivity contribution in [3.63, 3.8) is 0 Å². The van der Waals surface area contributed by atoms with Crippen molar-refractivity contribution in [1.82, 2.24) is 0 Å². The third kappa shape index (κ3) is 12.6. The van der Waals surface area contributed by atoms with Crippen LogP contribution in [0.3, 0.4) is 0 Å². The third-order valence-corrected chi connectivity index (χ3v) is 4.99. The molecule has 28 heavy (non-hydrogen) atoms. The number of hydrogen-bond acceptors (Lipinski definition) is 6. The van der Waals surface area contributed by atoms with E-state index < -0.39 is 43.1 Å². The first kappa shape index (κ1) is 28.4. The fraction of sp³-hybridized carbons (Fsp3) is 0.500. The van der Waals surface area contributed by atoms with Gasteiger partial charge in [0.15, 0.2) is 10.5 Å².